The van der Waals surface area contributed by atoms with Crippen LogP contribution < -0.4 is 0 Å². The summed E-state index contributed by atoms with van der Waals surface area (Å²) in [5.41, 5.74) is 0. The second-order valence-corrected chi connectivity index (χ2v) is 3.57. The van der Waals surface area contributed by atoms with E-state index in [1.165, 1.54) is 6.42 Å². The molecule has 1 saturated carbocycles. The van der Waals surface area contributed by atoms with Crippen molar-refractivity contribution in [1.82, 2.24) is 0 Å². The maximum absolute atomic E-state index is 11.3. The van der Waals surface area contributed by atoms with Crippen LogP contribution in [0.4, 0.5) is 0 Å². The molecule has 0 aromatic rings. The van der Waals surface area contributed by atoms with Gasteiger partial charge in [-0.15, -0.1) is 6.58 Å². The first-order valence-electron chi connectivity index (χ1n) is 4.37. The van der Waals surface area contributed by atoms with Crippen LogP contribution in [-0.2, 0) is 4.79 Å². The summed E-state index contributed by atoms with van der Waals surface area (Å²) < 4.78 is 0. The second-order valence-electron chi connectivity index (χ2n) is 3.57. The quantitative estimate of drug-likeness (QED) is 0.568. The summed E-state index contributed by atoms with van der Waals surface area (Å²) in [7, 11) is 0. The highest BCUT2D eigenvalue weighted by atomic mass is 16.1. The summed E-state index contributed by atoms with van der Waals surface area (Å²) in [5, 5.41) is 0. The molecule has 1 aliphatic rings. The zero-order valence-electron chi connectivity index (χ0n) is 7.18. The van der Waals surface area contributed by atoms with Gasteiger partial charge < -0.3 is 0 Å². The van der Waals surface area contributed by atoms with E-state index in [-0.39, 0.29) is 0 Å². The largest absolute Gasteiger partial charge is 0.299 e. The lowest BCUT2D eigenvalue weighted by molar-refractivity contribution is -0.121. The highest BCUT2D eigenvalue weighted by molar-refractivity contribution is 5.82. The molecule has 1 heteroatoms. The zero-order chi connectivity index (χ0) is 8.27. The van der Waals surface area contributed by atoms with Crippen LogP contribution in [0.1, 0.15) is 32.6 Å². The van der Waals surface area contributed by atoms with Gasteiger partial charge in [-0.3, -0.25) is 4.79 Å². The standard InChI is InChI=1S/C10H16O/c1-3-4-10(11)9-6-5-8(2)7-9/h3,8-9H,1,4-7H2,2H3. The van der Waals surface area contributed by atoms with Crippen LogP contribution in [0.2, 0.25) is 0 Å². The smallest absolute Gasteiger partial charge is 0.139 e. The highest BCUT2D eigenvalue weighted by Crippen LogP contribution is 2.31. The van der Waals surface area contributed by atoms with Crippen molar-refractivity contribution in [3.05, 3.63) is 12.7 Å². The lowest BCUT2D eigenvalue weighted by atomic mass is 9.99. The van der Waals surface area contributed by atoms with Gasteiger partial charge in [0.15, 0.2) is 0 Å². The van der Waals surface area contributed by atoms with Crippen molar-refractivity contribution in [2.75, 3.05) is 0 Å². The summed E-state index contributed by atoms with van der Waals surface area (Å²) in [6.07, 6.45) is 5.72. The number of hydrogen-bond acceptors (Lipinski definition) is 1. The monoisotopic (exact) mass is 152 g/mol. The van der Waals surface area contributed by atoms with E-state index < -0.39 is 0 Å². The minimum absolute atomic E-state index is 0.350. The first kappa shape index (κ1) is 8.51. The number of ketones is 1. The van der Waals surface area contributed by atoms with Gasteiger partial charge in [-0.25, -0.2) is 0 Å². The second kappa shape index (κ2) is 3.70. The summed E-state index contributed by atoms with van der Waals surface area (Å²) in [6.45, 7) is 5.79. The molecule has 1 nitrogen and oxygen atoms in total. The van der Waals surface area contributed by atoms with Gasteiger partial charge in [-0.1, -0.05) is 13.0 Å². The summed E-state index contributed by atoms with van der Waals surface area (Å²) in [4.78, 5) is 11.3. The van der Waals surface area contributed by atoms with Crippen LogP contribution in [0.5, 0.6) is 0 Å². The third-order valence-electron chi connectivity index (χ3n) is 2.50. The van der Waals surface area contributed by atoms with Crippen molar-refractivity contribution in [2.45, 2.75) is 32.6 Å². The van der Waals surface area contributed by atoms with Gasteiger partial charge in [-0.05, 0) is 25.2 Å². The lowest BCUT2D eigenvalue weighted by Gasteiger charge is -2.04. The Bertz CT molecular complexity index is 160. The molecule has 0 radical (unpaired) electrons. The average molecular weight is 152 g/mol. The van der Waals surface area contributed by atoms with Gasteiger partial charge in [0.25, 0.3) is 0 Å². The fraction of sp³-hybridized carbons (Fsp3) is 0.700. The Morgan fingerprint density at radius 3 is 2.82 bits per heavy atom. The van der Waals surface area contributed by atoms with Crippen LogP contribution >= 0.6 is 0 Å². The molecule has 0 heterocycles. The van der Waals surface area contributed by atoms with Gasteiger partial charge >= 0.3 is 0 Å². The predicted molar refractivity (Wildman–Crippen MR) is 46.3 cm³/mol. The number of rotatable bonds is 3. The average Bonchev–Trinajstić information content (AvgIpc) is 2.36. The maximum atomic E-state index is 11.3. The third-order valence-corrected chi connectivity index (χ3v) is 2.50. The van der Waals surface area contributed by atoms with Crippen molar-refractivity contribution in [2.24, 2.45) is 11.8 Å². The summed E-state index contributed by atoms with van der Waals surface area (Å²) in [5.74, 6) is 1.50. The fourth-order valence-corrected chi connectivity index (χ4v) is 1.81. The zero-order valence-corrected chi connectivity index (χ0v) is 7.18. The molecule has 0 N–H and O–H groups in total. The van der Waals surface area contributed by atoms with Gasteiger partial charge in [0, 0.05) is 12.3 Å². The Labute approximate surface area is 68.5 Å². The molecule has 0 amide bonds. The molecule has 1 rings (SSSR count). The maximum Gasteiger partial charge on any atom is 0.139 e. The molecule has 0 spiro atoms. The number of carbonyl (C=O) groups excluding carboxylic acids is 1. The SMILES string of the molecule is C=CCC(=O)C1CCC(C)C1. The molecule has 2 unspecified atom stereocenters. The van der Waals surface area contributed by atoms with Gasteiger partial charge in [0.2, 0.25) is 0 Å². The van der Waals surface area contributed by atoms with Crippen LogP contribution in [0, 0.1) is 11.8 Å². The minimum Gasteiger partial charge on any atom is -0.299 e. The molecule has 0 aromatic heterocycles. The van der Waals surface area contributed by atoms with Crippen molar-refractivity contribution in [3.8, 4) is 0 Å². The van der Waals surface area contributed by atoms with Gasteiger partial charge in [0.1, 0.15) is 5.78 Å². The molecule has 0 bridgehead atoms. The topological polar surface area (TPSA) is 17.1 Å². The van der Waals surface area contributed by atoms with E-state index in [4.69, 9.17) is 0 Å². The van der Waals surface area contributed by atoms with Crippen LogP contribution in [-0.4, -0.2) is 5.78 Å². The van der Waals surface area contributed by atoms with E-state index in [9.17, 15) is 4.79 Å². The van der Waals surface area contributed by atoms with Gasteiger partial charge in [0.05, 0.1) is 0 Å². The lowest BCUT2D eigenvalue weighted by Crippen LogP contribution is -2.09. The Kier molecular flexibility index (Phi) is 2.86. The highest BCUT2D eigenvalue weighted by Gasteiger charge is 2.25. The van der Waals surface area contributed by atoms with E-state index in [2.05, 4.69) is 13.5 Å². The number of hydrogen-bond donors (Lipinski definition) is 0. The number of carbonyl (C=O) groups is 1. The van der Waals surface area contributed by atoms with Crippen LogP contribution in [0.3, 0.4) is 0 Å². The molecule has 0 aliphatic heterocycles. The Balaban J connectivity index is 2.36. The van der Waals surface area contributed by atoms with E-state index in [0.29, 0.717) is 18.1 Å². The van der Waals surface area contributed by atoms with E-state index in [0.717, 1.165) is 18.8 Å². The number of Topliss-reactive ketones (excluding diaryl/α,β-unsaturated/α-hetero) is 1. The van der Waals surface area contributed by atoms with Crippen molar-refractivity contribution < 1.29 is 4.79 Å². The Hall–Kier alpha value is -0.590. The molecule has 0 saturated heterocycles. The fourth-order valence-electron chi connectivity index (χ4n) is 1.81. The van der Waals surface area contributed by atoms with E-state index >= 15 is 0 Å². The first-order chi connectivity index (χ1) is 5.24. The molecule has 1 aliphatic carbocycles. The van der Waals surface area contributed by atoms with Crippen molar-refractivity contribution in [1.29, 1.82) is 0 Å². The first-order valence-corrected chi connectivity index (χ1v) is 4.37. The van der Waals surface area contributed by atoms with Crippen LogP contribution in [0.15, 0.2) is 12.7 Å². The molecular formula is C10H16O. The predicted octanol–water partition coefficient (Wildman–Crippen LogP) is 2.57. The molecule has 0 aromatic carbocycles. The van der Waals surface area contributed by atoms with Crippen molar-refractivity contribution in [3.63, 3.8) is 0 Å². The molecule has 62 valence electrons. The molecule has 1 fully saturated rings. The normalized spacial score (nSPS) is 30.3. The summed E-state index contributed by atoms with van der Waals surface area (Å²) in [6, 6.07) is 0. The van der Waals surface area contributed by atoms with E-state index in [1.807, 2.05) is 0 Å². The van der Waals surface area contributed by atoms with Crippen LogP contribution in [0.25, 0.3) is 0 Å². The Morgan fingerprint density at radius 1 is 1.64 bits per heavy atom. The molecule has 2 atom stereocenters. The minimum atomic E-state index is 0.350. The van der Waals surface area contributed by atoms with Gasteiger partial charge in [-0.2, -0.15) is 0 Å². The Morgan fingerprint density at radius 2 is 2.36 bits per heavy atom. The molecular weight excluding hydrogens is 136 g/mol. The number of allylic oxidation sites excluding steroid dienone is 1. The summed E-state index contributed by atoms with van der Waals surface area (Å²) >= 11 is 0. The third kappa shape index (κ3) is 2.18. The molecule has 11 heavy (non-hydrogen) atoms. The van der Waals surface area contributed by atoms with Crippen molar-refractivity contribution >= 4 is 5.78 Å². The van der Waals surface area contributed by atoms with E-state index in [1.54, 1.807) is 6.08 Å².